The summed E-state index contributed by atoms with van der Waals surface area (Å²) >= 11 is 0. The number of carbonyl (C=O) groups is 1. The number of hydrogen-bond donors (Lipinski definition) is 4. The van der Waals surface area contributed by atoms with Crippen molar-refractivity contribution in [3.05, 3.63) is 35.4 Å². The van der Waals surface area contributed by atoms with Gasteiger partial charge in [-0.05, 0) is 24.4 Å². The summed E-state index contributed by atoms with van der Waals surface area (Å²) in [5.74, 6) is -0.236. The number of aromatic carboxylic acids is 1. The van der Waals surface area contributed by atoms with Gasteiger partial charge in [-0.3, -0.25) is 10.5 Å². The van der Waals surface area contributed by atoms with E-state index in [0.717, 1.165) is 5.56 Å². The van der Waals surface area contributed by atoms with E-state index in [-0.39, 0.29) is 29.0 Å². The number of hydrogen-bond acceptors (Lipinski definition) is 7. The maximum absolute atomic E-state index is 11.7. The molecule has 0 bridgehead atoms. The molecule has 2 aliphatic heterocycles. The van der Waals surface area contributed by atoms with Gasteiger partial charge in [0.25, 0.3) is 0 Å². The van der Waals surface area contributed by atoms with Gasteiger partial charge in [-0.2, -0.15) is 5.10 Å². The molecule has 134 valence electrons. The Kier molecular flexibility index (Phi) is 4.00. The predicted molar refractivity (Wildman–Crippen MR) is 89.7 cm³/mol. The zero-order chi connectivity index (χ0) is 18.3. The van der Waals surface area contributed by atoms with E-state index in [4.69, 9.17) is 14.8 Å². The maximum atomic E-state index is 11.7. The molecule has 0 radical (unpaired) electrons. The van der Waals surface area contributed by atoms with Crippen LogP contribution in [0.15, 0.2) is 18.5 Å². The van der Waals surface area contributed by atoms with Crippen molar-refractivity contribution in [2.75, 3.05) is 13.1 Å². The van der Waals surface area contributed by atoms with Gasteiger partial charge >= 0.3 is 13.1 Å². The van der Waals surface area contributed by atoms with Crippen LogP contribution in [0.1, 0.15) is 21.7 Å². The van der Waals surface area contributed by atoms with E-state index in [1.54, 1.807) is 17.0 Å². The average Bonchev–Trinajstić information content (AvgIpc) is 3.10. The summed E-state index contributed by atoms with van der Waals surface area (Å²) in [7, 11) is -1.02. The van der Waals surface area contributed by atoms with Crippen molar-refractivity contribution in [3.8, 4) is 11.5 Å². The molecule has 1 saturated heterocycles. The van der Waals surface area contributed by atoms with Crippen LogP contribution >= 0.6 is 0 Å². The molecule has 2 aliphatic rings. The van der Waals surface area contributed by atoms with E-state index in [9.17, 15) is 14.9 Å². The summed E-state index contributed by atoms with van der Waals surface area (Å²) in [6.07, 6.45) is 2.04. The molecule has 0 spiro atoms. The molecule has 4 N–H and O–H groups in total. The Balaban J connectivity index is 1.48. The van der Waals surface area contributed by atoms with Gasteiger partial charge in [0.1, 0.15) is 29.5 Å². The van der Waals surface area contributed by atoms with Crippen LogP contribution < -0.4 is 9.39 Å². The quantitative estimate of drug-likeness (QED) is 0.340. The number of benzene rings is 1. The van der Waals surface area contributed by atoms with Crippen molar-refractivity contribution in [2.24, 2.45) is 0 Å². The van der Waals surface area contributed by atoms with E-state index in [1.807, 2.05) is 0 Å². The van der Waals surface area contributed by atoms with E-state index < -0.39 is 13.1 Å². The van der Waals surface area contributed by atoms with E-state index >= 15 is 0 Å². The molecule has 1 fully saturated rings. The number of carboxylic acids is 1. The molecule has 10 nitrogen and oxygen atoms in total. The number of amidine groups is 1. The minimum absolute atomic E-state index is 0.0787. The van der Waals surface area contributed by atoms with E-state index in [1.165, 1.54) is 6.33 Å². The van der Waals surface area contributed by atoms with Crippen LogP contribution in [0.2, 0.25) is 6.32 Å². The first-order valence-corrected chi connectivity index (χ1v) is 8.12. The monoisotopic (exact) mass is 357 g/mol. The number of aromatic amines is 1. The summed E-state index contributed by atoms with van der Waals surface area (Å²) in [6, 6.07) is 3.38. The average molecular weight is 357 g/mol. The highest BCUT2D eigenvalue weighted by Crippen LogP contribution is 2.37. The Morgan fingerprint density at radius 2 is 2.27 bits per heavy atom. The fraction of sp³-hybridized carbons (Fsp3) is 0.333. The maximum Gasteiger partial charge on any atom is 0.522 e. The van der Waals surface area contributed by atoms with Crippen LogP contribution in [-0.2, 0) is 6.42 Å². The second-order valence-corrected chi connectivity index (χ2v) is 6.17. The minimum atomic E-state index is -1.17. The number of fused-ring (bicyclic) bond motifs is 1. The number of H-pyrrole nitrogens is 1. The minimum Gasteiger partial charge on any atom is -0.535 e. The lowest BCUT2D eigenvalue weighted by atomic mass is 9.78. The smallest absolute Gasteiger partial charge is 0.522 e. The van der Waals surface area contributed by atoms with Crippen LogP contribution in [0.5, 0.6) is 11.5 Å². The molecule has 4 rings (SSSR count). The Labute approximate surface area is 148 Å². The van der Waals surface area contributed by atoms with Crippen LogP contribution in [0.4, 0.5) is 0 Å². The molecule has 0 amide bonds. The van der Waals surface area contributed by atoms with Gasteiger partial charge in [0.2, 0.25) is 0 Å². The summed E-state index contributed by atoms with van der Waals surface area (Å²) < 4.78 is 11.2. The van der Waals surface area contributed by atoms with Crippen molar-refractivity contribution < 1.29 is 24.3 Å². The lowest BCUT2D eigenvalue weighted by molar-refractivity contribution is 0.0596. The van der Waals surface area contributed by atoms with Gasteiger partial charge in [-0.25, -0.2) is 9.78 Å². The number of nitrogens with one attached hydrogen (secondary N) is 2. The van der Waals surface area contributed by atoms with Crippen LogP contribution in [0.3, 0.4) is 0 Å². The molecule has 0 atom stereocenters. The molecule has 2 aromatic rings. The number of aryl methyl sites for hydroxylation is 1. The second-order valence-electron chi connectivity index (χ2n) is 6.17. The Morgan fingerprint density at radius 1 is 1.46 bits per heavy atom. The molecule has 0 saturated carbocycles. The fourth-order valence-corrected chi connectivity index (χ4v) is 3.06. The molecule has 11 heteroatoms. The van der Waals surface area contributed by atoms with Gasteiger partial charge in [0.15, 0.2) is 11.7 Å². The van der Waals surface area contributed by atoms with Crippen molar-refractivity contribution in [1.82, 2.24) is 20.1 Å². The largest absolute Gasteiger partial charge is 0.535 e. The van der Waals surface area contributed by atoms with Crippen molar-refractivity contribution >= 4 is 18.9 Å². The number of rotatable bonds is 4. The van der Waals surface area contributed by atoms with Gasteiger partial charge < -0.3 is 24.4 Å². The summed E-state index contributed by atoms with van der Waals surface area (Å²) in [4.78, 5) is 17.4. The van der Waals surface area contributed by atoms with E-state index in [0.29, 0.717) is 31.7 Å². The first-order chi connectivity index (χ1) is 12.5. The highest BCUT2D eigenvalue weighted by molar-refractivity contribution is 6.44. The number of ether oxygens (including phenoxy) is 1. The van der Waals surface area contributed by atoms with Crippen molar-refractivity contribution in [3.63, 3.8) is 0 Å². The van der Waals surface area contributed by atoms with Crippen molar-refractivity contribution in [2.45, 2.75) is 18.8 Å². The lowest BCUT2D eigenvalue weighted by Gasteiger charge is -2.40. The first kappa shape index (κ1) is 16.4. The highest BCUT2D eigenvalue weighted by atomic mass is 16.5. The van der Waals surface area contributed by atoms with Crippen LogP contribution in [0, 0.1) is 5.41 Å². The number of nitrogens with zero attached hydrogens (tertiary/aromatic N) is 3. The lowest BCUT2D eigenvalue weighted by Crippen LogP contribution is -2.56. The van der Waals surface area contributed by atoms with Gasteiger partial charge in [0, 0.05) is 0 Å². The SMILES string of the molecule is N=C(c1ncn[nH]1)N1CC(Oc2ccc3c(c2C(=O)O)OB(O)CC3)C1. The zero-order valence-corrected chi connectivity index (χ0v) is 13.7. The van der Waals surface area contributed by atoms with Gasteiger partial charge in [-0.15, -0.1) is 0 Å². The third-order valence-electron chi connectivity index (χ3n) is 4.43. The fourth-order valence-electron chi connectivity index (χ4n) is 3.06. The Morgan fingerprint density at radius 3 is 2.96 bits per heavy atom. The highest BCUT2D eigenvalue weighted by Gasteiger charge is 2.35. The van der Waals surface area contributed by atoms with Crippen LogP contribution in [-0.4, -0.2) is 68.3 Å². The topological polar surface area (TPSA) is 145 Å². The summed E-state index contributed by atoms with van der Waals surface area (Å²) in [5.41, 5.74) is 0.660. The normalized spacial score (nSPS) is 16.5. The van der Waals surface area contributed by atoms with Gasteiger partial charge in [-0.1, -0.05) is 6.07 Å². The molecule has 3 heterocycles. The molecule has 26 heavy (non-hydrogen) atoms. The van der Waals surface area contributed by atoms with Gasteiger partial charge in [0.05, 0.1) is 13.1 Å². The first-order valence-electron chi connectivity index (χ1n) is 8.12. The predicted octanol–water partition coefficient (Wildman–Crippen LogP) is 0.00687. The number of aromatic nitrogens is 3. The molecular weight excluding hydrogens is 341 g/mol. The Hall–Kier alpha value is -3.08. The molecule has 0 aliphatic carbocycles. The third kappa shape index (κ3) is 2.86. The van der Waals surface area contributed by atoms with Crippen LogP contribution in [0.25, 0.3) is 0 Å². The van der Waals surface area contributed by atoms with Crippen molar-refractivity contribution in [1.29, 1.82) is 5.41 Å². The third-order valence-corrected chi connectivity index (χ3v) is 4.43. The van der Waals surface area contributed by atoms with E-state index in [2.05, 4.69) is 15.2 Å². The second kappa shape index (κ2) is 6.34. The molecule has 0 unspecified atom stereocenters. The molecular formula is C15H16BN5O5. The summed E-state index contributed by atoms with van der Waals surface area (Å²) in [5, 5.41) is 33.6. The molecule has 1 aromatic heterocycles. The molecule has 1 aromatic carbocycles. The standard InChI is InChI=1S/C15H16BN5O5/c17-13(14-18-7-19-20-14)21-5-9(6-21)25-10-2-1-8-3-4-16(24)26-12(8)11(10)15(22)23/h1-2,7,9,17,24H,3-6H2,(H,22,23)(H,18,19,20). The Bertz CT molecular complexity index is 852. The summed E-state index contributed by atoms with van der Waals surface area (Å²) in [6.45, 7) is 0.859. The zero-order valence-electron chi connectivity index (χ0n) is 13.7. The number of likely N-dealkylation sites (tertiary alicyclic amines) is 1. The number of carboxylic acid groups (broad SMARTS) is 1.